The van der Waals surface area contributed by atoms with Crippen LogP contribution in [0.15, 0.2) is 53.4 Å². The highest BCUT2D eigenvalue weighted by molar-refractivity contribution is 7.92. The van der Waals surface area contributed by atoms with Crippen LogP contribution in [0.1, 0.15) is 11.5 Å². The molecule has 1 fully saturated rings. The van der Waals surface area contributed by atoms with Crippen molar-refractivity contribution in [3.05, 3.63) is 59.1 Å². The molecule has 3 rings (SSSR count). The summed E-state index contributed by atoms with van der Waals surface area (Å²) >= 11 is 5.86. The van der Waals surface area contributed by atoms with E-state index in [9.17, 15) is 13.7 Å². The molecule has 1 aliphatic rings. The average molecular weight is 392 g/mol. The number of rotatable bonds is 6. The average Bonchev–Trinajstić information content (AvgIpc) is 3.32. The summed E-state index contributed by atoms with van der Waals surface area (Å²) in [5.74, 6) is 0.194. The Morgan fingerprint density at radius 3 is 2.23 bits per heavy atom. The number of nitriles is 1. The van der Waals surface area contributed by atoms with Gasteiger partial charge in [-0.15, -0.1) is 0 Å². The van der Waals surface area contributed by atoms with Crippen LogP contribution < -0.4 is 4.74 Å². The maximum atomic E-state index is 13.2. The van der Waals surface area contributed by atoms with Crippen molar-refractivity contribution in [1.29, 1.82) is 5.26 Å². The summed E-state index contributed by atoms with van der Waals surface area (Å²) in [4.78, 5) is 0.152. The molecule has 1 aliphatic carbocycles. The van der Waals surface area contributed by atoms with Crippen LogP contribution in [-0.4, -0.2) is 34.5 Å². The second-order valence-corrected chi connectivity index (χ2v) is 8.76. The fourth-order valence-corrected chi connectivity index (χ4v) is 5.93. The van der Waals surface area contributed by atoms with E-state index in [0.29, 0.717) is 10.8 Å². The second kappa shape index (κ2) is 6.92. The van der Waals surface area contributed by atoms with E-state index in [1.807, 2.05) is 0 Å². The number of hydrogen-bond acceptors (Lipinski definition) is 5. The van der Waals surface area contributed by atoms with Gasteiger partial charge in [0.05, 0.1) is 29.9 Å². The van der Waals surface area contributed by atoms with Gasteiger partial charge in [0.15, 0.2) is 9.84 Å². The van der Waals surface area contributed by atoms with Gasteiger partial charge in [0, 0.05) is 18.1 Å². The van der Waals surface area contributed by atoms with Crippen LogP contribution in [0.3, 0.4) is 0 Å². The Bertz CT molecular complexity index is 935. The Balaban J connectivity index is 2.05. The Labute approximate surface area is 158 Å². The molecule has 0 saturated heterocycles. The van der Waals surface area contributed by atoms with Gasteiger partial charge in [-0.1, -0.05) is 23.7 Å². The lowest BCUT2D eigenvalue weighted by Gasteiger charge is -2.08. The molecule has 136 valence electrons. The first-order chi connectivity index (χ1) is 12.4. The highest BCUT2D eigenvalue weighted by atomic mass is 35.5. The zero-order chi connectivity index (χ0) is 18.9. The zero-order valence-electron chi connectivity index (χ0n) is 14.3. The summed E-state index contributed by atoms with van der Waals surface area (Å²) in [6.07, 6.45) is 0. The molecule has 1 saturated carbocycles. The molecular formula is C19H18ClNO4S. The number of halogens is 1. The molecular weight excluding hydrogens is 374 g/mol. The van der Waals surface area contributed by atoms with E-state index < -0.39 is 26.4 Å². The topological polar surface area (TPSA) is 76.4 Å². The largest absolute Gasteiger partial charge is 0.497 e. The van der Waals surface area contributed by atoms with Gasteiger partial charge in [-0.05, 0) is 42.0 Å². The van der Waals surface area contributed by atoms with Gasteiger partial charge < -0.3 is 9.47 Å². The van der Waals surface area contributed by atoms with Crippen molar-refractivity contribution in [2.75, 3.05) is 20.8 Å². The summed E-state index contributed by atoms with van der Waals surface area (Å²) in [6.45, 7) is 0.0394. The van der Waals surface area contributed by atoms with Crippen LogP contribution >= 0.6 is 11.6 Å². The number of sulfone groups is 1. The molecule has 3 atom stereocenters. The van der Waals surface area contributed by atoms with Gasteiger partial charge in [0.25, 0.3) is 0 Å². The van der Waals surface area contributed by atoms with Crippen molar-refractivity contribution in [3.63, 3.8) is 0 Å². The molecule has 7 heteroatoms. The van der Waals surface area contributed by atoms with Gasteiger partial charge in [-0.3, -0.25) is 0 Å². The Hall–Kier alpha value is -2.07. The number of methoxy groups -OCH3 is 2. The minimum Gasteiger partial charge on any atom is -0.497 e. The van der Waals surface area contributed by atoms with Gasteiger partial charge in [-0.25, -0.2) is 8.42 Å². The van der Waals surface area contributed by atoms with E-state index >= 15 is 0 Å². The number of nitrogens with zero attached hydrogens (tertiary/aromatic N) is 1. The maximum absolute atomic E-state index is 13.2. The fourth-order valence-electron chi connectivity index (χ4n) is 3.49. The van der Waals surface area contributed by atoms with Crippen molar-refractivity contribution in [3.8, 4) is 11.8 Å². The molecule has 0 spiro atoms. The van der Waals surface area contributed by atoms with Crippen LogP contribution in [0.25, 0.3) is 0 Å². The van der Waals surface area contributed by atoms with Crippen LogP contribution in [0.4, 0.5) is 0 Å². The summed E-state index contributed by atoms with van der Waals surface area (Å²) < 4.78 is 36.7. The smallest absolute Gasteiger partial charge is 0.183 e. The Morgan fingerprint density at radius 2 is 1.73 bits per heavy atom. The third-order valence-electron chi connectivity index (χ3n) is 4.80. The number of hydrogen-bond donors (Lipinski definition) is 0. The summed E-state index contributed by atoms with van der Waals surface area (Å²) in [5.41, 5.74) is -0.353. The maximum Gasteiger partial charge on any atom is 0.183 e. The van der Waals surface area contributed by atoms with Gasteiger partial charge in [0.1, 0.15) is 11.2 Å². The lowest BCUT2D eigenvalue weighted by atomic mass is 10.0. The normalized spacial score (nSPS) is 24.7. The Morgan fingerprint density at radius 1 is 1.12 bits per heavy atom. The molecule has 0 bridgehead atoms. The Kier molecular flexibility index (Phi) is 4.98. The van der Waals surface area contributed by atoms with Crippen LogP contribution in [-0.2, 0) is 14.6 Å². The van der Waals surface area contributed by atoms with Gasteiger partial charge >= 0.3 is 0 Å². The number of ether oxygens (including phenoxy) is 2. The first-order valence-corrected chi connectivity index (χ1v) is 9.86. The fraction of sp³-hybridized carbons (Fsp3) is 0.316. The van der Waals surface area contributed by atoms with E-state index in [1.165, 1.54) is 31.4 Å². The quantitative estimate of drug-likeness (QED) is 0.753. The first-order valence-electron chi connectivity index (χ1n) is 7.94. The molecule has 2 aromatic carbocycles. The van der Waals surface area contributed by atoms with Crippen molar-refractivity contribution in [1.82, 2.24) is 0 Å². The predicted molar refractivity (Wildman–Crippen MR) is 98.1 cm³/mol. The van der Waals surface area contributed by atoms with Crippen molar-refractivity contribution < 1.29 is 17.9 Å². The lowest BCUT2D eigenvalue weighted by Crippen LogP contribution is -2.19. The van der Waals surface area contributed by atoms with Crippen molar-refractivity contribution in [2.24, 2.45) is 5.41 Å². The molecule has 0 amide bonds. The second-order valence-electron chi connectivity index (χ2n) is 6.26. The van der Waals surface area contributed by atoms with E-state index in [1.54, 1.807) is 31.4 Å². The molecule has 5 nitrogen and oxygen atoms in total. The van der Waals surface area contributed by atoms with Gasteiger partial charge in [0.2, 0.25) is 0 Å². The van der Waals surface area contributed by atoms with Crippen LogP contribution in [0.2, 0.25) is 5.02 Å². The van der Waals surface area contributed by atoms with Crippen LogP contribution in [0, 0.1) is 16.7 Å². The van der Waals surface area contributed by atoms with E-state index in [4.69, 9.17) is 21.1 Å². The molecule has 0 heterocycles. The van der Waals surface area contributed by atoms with E-state index in [-0.39, 0.29) is 11.5 Å². The van der Waals surface area contributed by atoms with Crippen molar-refractivity contribution >= 4 is 21.4 Å². The first kappa shape index (κ1) is 18.7. The molecule has 0 aliphatic heterocycles. The highest BCUT2D eigenvalue weighted by Crippen LogP contribution is 2.64. The summed E-state index contributed by atoms with van der Waals surface area (Å²) in [6, 6.07) is 15.3. The number of benzene rings is 2. The highest BCUT2D eigenvalue weighted by Gasteiger charge is 2.72. The minimum atomic E-state index is -3.73. The molecule has 0 N–H and O–H groups in total. The standard InChI is InChI=1S/C19H18ClNO4S/c1-24-12-19(11-21)17(13-3-7-15(25-2)8-4-13)18(19)26(22,23)16-9-5-14(20)6-10-16/h3-10,17-18H,12H2,1-2H3/t17-,18-,19-/m0/s1. The van der Waals surface area contributed by atoms with Crippen LogP contribution in [0.5, 0.6) is 5.75 Å². The molecule has 0 radical (unpaired) electrons. The SMILES string of the molecule is COC[C@@]1(C#N)[C@@H](c2ccc(OC)cc2)[C@@H]1S(=O)(=O)c1ccc(Cl)cc1. The van der Waals surface area contributed by atoms with Crippen molar-refractivity contribution in [2.45, 2.75) is 16.1 Å². The monoisotopic (exact) mass is 391 g/mol. The van der Waals surface area contributed by atoms with E-state index in [2.05, 4.69) is 6.07 Å². The zero-order valence-corrected chi connectivity index (χ0v) is 15.9. The van der Waals surface area contributed by atoms with E-state index in [0.717, 1.165) is 5.56 Å². The third kappa shape index (κ3) is 2.96. The predicted octanol–water partition coefficient (Wildman–Crippen LogP) is 3.44. The third-order valence-corrected chi connectivity index (χ3v) is 7.34. The molecule has 26 heavy (non-hydrogen) atoms. The summed E-state index contributed by atoms with van der Waals surface area (Å²) in [5, 5.41) is 9.38. The minimum absolute atomic E-state index is 0.0394. The lowest BCUT2D eigenvalue weighted by molar-refractivity contribution is 0.162. The summed E-state index contributed by atoms with van der Waals surface area (Å²) in [7, 11) is -0.703. The molecule has 0 unspecified atom stereocenters. The van der Waals surface area contributed by atoms with Gasteiger partial charge in [-0.2, -0.15) is 5.26 Å². The molecule has 0 aromatic heterocycles. The molecule has 2 aromatic rings.